The molecule has 0 atom stereocenters. The lowest BCUT2D eigenvalue weighted by Crippen LogP contribution is -1.72. The van der Waals surface area contributed by atoms with Crippen LogP contribution in [-0.4, -0.2) is 0 Å². The summed E-state index contributed by atoms with van der Waals surface area (Å²) in [4.78, 5) is 0. The van der Waals surface area contributed by atoms with Crippen LogP contribution >= 0.6 is 0 Å². The summed E-state index contributed by atoms with van der Waals surface area (Å²) in [5.74, 6) is 0. The monoisotopic (exact) mass is 157 g/mol. The van der Waals surface area contributed by atoms with Gasteiger partial charge in [-0.2, -0.15) is 0 Å². The van der Waals surface area contributed by atoms with Crippen molar-refractivity contribution in [1.29, 1.82) is 0 Å². The Hall–Kier alpha value is -0.720. The number of rotatable bonds is 1. The van der Waals surface area contributed by atoms with Crippen molar-refractivity contribution in [2.24, 2.45) is 5.73 Å². The molecule has 11 heavy (non-hydrogen) atoms. The molecule has 0 aliphatic rings. The van der Waals surface area contributed by atoms with Crippen molar-refractivity contribution in [1.82, 2.24) is 0 Å². The van der Waals surface area contributed by atoms with E-state index < -0.39 is 0 Å². The molecule has 1 nitrogen and oxygen atoms in total. The predicted octanol–water partition coefficient (Wildman–Crippen LogP) is 3.48. The summed E-state index contributed by atoms with van der Waals surface area (Å²) in [6.07, 6.45) is 5.29. The Morgan fingerprint density at radius 1 is 1.00 bits per heavy atom. The highest BCUT2D eigenvalue weighted by molar-refractivity contribution is 5.06. The fraction of sp³-hybridized carbons (Fsp3) is 0.600. The van der Waals surface area contributed by atoms with Crippen LogP contribution in [-0.2, 0) is 0 Å². The molecule has 0 saturated carbocycles. The van der Waals surface area contributed by atoms with Crippen molar-refractivity contribution < 1.29 is 0 Å². The van der Waals surface area contributed by atoms with E-state index in [2.05, 4.69) is 0 Å². The summed E-state index contributed by atoms with van der Waals surface area (Å²) in [5.41, 5.74) is 6.32. The smallest absolute Gasteiger partial charge is 0.00624 e. The molecule has 0 aromatic rings. The van der Waals surface area contributed by atoms with Crippen LogP contribution in [0.5, 0.6) is 0 Å². The third-order valence-corrected chi connectivity index (χ3v) is 0.541. The minimum atomic E-state index is 1.27. The van der Waals surface area contributed by atoms with Gasteiger partial charge in [0.2, 0.25) is 0 Å². The minimum Gasteiger partial charge on any atom is -0.405 e. The zero-order valence-corrected chi connectivity index (χ0v) is 8.81. The van der Waals surface area contributed by atoms with Crippen molar-refractivity contribution in [2.45, 2.75) is 41.5 Å². The van der Waals surface area contributed by atoms with E-state index in [0.717, 1.165) is 0 Å². The Morgan fingerprint density at radius 2 is 1.36 bits per heavy atom. The number of hydrogen-bond donors (Lipinski definition) is 1. The first-order valence-corrected chi connectivity index (χ1v) is 4.29. The summed E-state index contributed by atoms with van der Waals surface area (Å²) < 4.78 is 0. The van der Waals surface area contributed by atoms with E-state index in [1.165, 1.54) is 11.8 Å². The van der Waals surface area contributed by atoms with Crippen molar-refractivity contribution in [3.63, 3.8) is 0 Å². The van der Waals surface area contributed by atoms with Gasteiger partial charge < -0.3 is 5.73 Å². The highest BCUT2D eigenvalue weighted by Crippen LogP contribution is 1.86. The second-order valence-corrected chi connectivity index (χ2v) is 1.63. The molecule has 0 fully saturated rings. The molecule has 0 unspecified atom stereocenters. The van der Waals surface area contributed by atoms with E-state index >= 15 is 0 Å². The van der Waals surface area contributed by atoms with Gasteiger partial charge in [-0.3, -0.25) is 0 Å². The van der Waals surface area contributed by atoms with E-state index in [-0.39, 0.29) is 0 Å². The van der Waals surface area contributed by atoms with Crippen LogP contribution in [0.15, 0.2) is 23.9 Å². The average molecular weight is 157 g/mol. The molecule has 0 bridgehead atoms. The van der Waals surface area contributed by atoms with Gasteiger partial charge in [0.15, 0.2) is 0 Å². The zero-order valence-electron chi connectivity index (χ0n) is 8.81. The lowest BCUT2D eigenvalue weighted by Gasteiger charge is -1.78. The summed E-state index contributed by atoms with van der Waals surface area (Å²) in [5, 5.41) is 0. The van der Waals surface area contributed by atoms with Crippen LogP contribution in [0.3, 0.4) is 0 Å². The third kappa shape index (κ3) is 45.7. The van der Waals surface area contributed by atoms with Gasteiger partial charge in [-0.15, -0.1) is 0 Å². The van der Waals surface area contributed by atoms with Crippen LogP contribution in [0, 0.1) is 0 Å². The van der Waals surface area contributed by atoms with Crippen LogP contribution < -0.4 is 5.73 Å². The number of allylic oxidation sites excluding steroid dienone is 3. The Kier molecular flexibility index (Phi) is 34.7. The SMILES string of the molecule is CC.CC.CC(C)=C/C=C\N. The molecule has 0 aliphatic carbocycles. The van der Waals surface area contributed by atoms with Gasteiger partial charge >= 0.3 is 0 Å². The summed E-state index contributed by atoms with van der Waals surface area (Å²) in [7, 11) is 0. The average Bonchev–Trinajstić information content (AvgIpc) is 2.08. The second kappa shape index (κ2) is 22.8. The van der Waals surface area contributed by atoms with Crippen LogP contribution in [0.25, 0.3) is 0 Å². The lowest BCUT2D eigenvalue weighted by molar-refractivity contribution is 1.39. The van der Waals surface area contributed by atoms with E-state index in [1.54, 1.807) is 0 Å². The Balaban J connectivity index is -0.000000138. The van der Waals surface area contributed by atoms with Crippen LogP contribution in [0.4, 0.5) is 0 Å². The number of nitrogens with two attached hydrogens (primary N) is 1. The predicted molar refractivity (Wildman–Crippen MR) is 55.5 cm³/mol. The first-order chi connectivity index (χ1) is 5.27. The molecular formula is C10H23N. The Labute approximate surface area is 72.0 Å². The number of hydrogen-bond acceptors (Lipinski definition) is 1. The molecule has 0 amide bonds. The van der Waals surface area contributed by atoms with Crippen LogP contribution in [0.2, 0.25) is 0 Å². The van der Waals surface area contributed by atoms with Crippen molar-refractivity contribution in [3.05, 3.63) is 23.9 Å². The third-order valence-electron chi connectivity index (χ3n) is 0.541. The Morgan fingerprint density at radius 3 is 1.45 bits per heavy atom. The maximum atomic E-state index is 5.05. The van der Waals surface area contributed by atoms with Gasteiger partial charge in [-0.25, -0.2) is 0 Å². The highest BCUT2D eigenvalue weighted by atomic mass is 14.5. The molecule has 0 aromatic carbocycles. The summed E-state index contributed by atoms with van der Waals surface area (Å²) in [6.45, 7) is 12.1. The van der Waals surface area contributed by atoms with E-state index in [1.807, 2.05) is 53.7 Å². The first kappa shape index (κ1) is 16.7. The molecule has 0 spiro atoms. The zero-order chi connectivity index (χ0) is 9.70. The highest BCUT2D eigenvalue weighted by Gasteiger charge is 1.65. The van der Waals surface area contributed by atoms with Gasteiger partial charge in [-0.05, 0) is 26.1 Å². The molecule has 68 valence electrons. The largest absolute Gasteiger partial charge is 0.405 e. The molecule has 0 radical (unpaired) electrons. The van der Waals surface area contributed by atoms with Crippen LogP contribution in [0.1, 0.15) is 41.5 Å². The maximum absolute atomic E-state index is 5.05. The molecule has 1 heteroatoms. The minimum absolute atomic E-state index is 1.27. The van der Waals surface area contributed by atoms with E-state index in [4.69, 9.17) is 5.73 Å². The molecule has 0 aliphatic heterocycles. The van der Waals surface area contributed by atoms with Gasteiger partial charge in [0, 0.05) is 0 Å². The van der Waals surface area contributed by atoms with Crippen molar-refractivity contribution in [2.75, 3.05) is 0 Å². The second-order valence-electron chi connectivity index (χ2n) is 1.63. The molecule has 2 N–H and O–H groups in total. The van der Waals surface area contributed by atoms with E-state index in [0.29, 0.717) is 0 Å². The molecular weight excluding hydrogens is 134 g/mol. The fourth-order valence-electron chi connectivity index (χ4n) is 0.248. The van der Waals surface area contributed by atoms with Crippen molar-refractivity contribution >= 4 is 0 Å². The van der Waals surface area contributed by atoms with Gasteiger partial charge in [0.05, 0.1) is 0 Å². The van der Waals surface area contributed by atoms with Gasteiger partial charge in [0.1, 0.15) is 0 Å². The molecule has 0 aromatic heterocycles. The van der Waals surface area contributed by atoms with E-state index in [9.17, 15) is 0 Å². The normalized spacial score (nSPS) is 7.09. The molecule has 0 rings (SSSR count). The summed E-state index contributed by atoms with van der Waals surface area (Å²) >= 11 is 0. The summed E-state index contributed by atoms with van der Waals surface area (Å²) in [6, 6.07) is 0. The molecule has 0 saturated heterocycles. The van der Waals surface area contributed by atoms with Gasteiger partial charge in [0.25, 0.3) is 0 Å². The quantitative estimate of drug-likeness (QED) is 0.579. The maximum Gasteiger partial charge on any atom is -0.00624 e. The molecule has 0 heterocycles. The van der Waals surface area contributed by atoms with Crippen molar-refractivity contribution in [3.8, 4) is 0 Å². The first-order valence-electron chi connectivity index (χ1n) is 4.29. The lowest BCUT2D eigenvalue weighted by atomic mass is 10.3. The van der Waals surface area contributed by atoms with Gasteiger partial charge in [-0.1, -0.05) is 39.3 Å². The topological polar surface area (TPSA) is 26.0 Å². The standard InChI is InChI=1S/C6H11N.2C2H6/c1-6(2)4-3-5-7;2*1-2/h3-5H,7H2,1-2H3;2*1-2H3/b5-3-;;. The fourth-order valence-corrected chi connectivity index (χ4v) is 0.248. The Bertz CT molecular complexity index is 87.0.